The Bertz CT molecular complexity index is 560. The quantitative estimate of drug-likeness (QED) is 0.754. The highest BCUT2D eigenvalue weighted by Crippen LogP contribution is 2.30. The number of halogens is 1. The summed E-state index contributed by atoms with van der Waals surface area (Å²) in [5, 5.41) is 7.33. The molecule has 0 fully saturated rings. The largest absolute Gasteiger partial charge is 0.306 e. The van der Waals surface area contributed by atoms with E-state index in [1.54, 1.807) is 0 Å². The molecule has 0 aliphatic carbocycles. The molecule has 2 N–H and O–H groups in total. The zero-order valence-electron chi connectivity index (χ0n) is 15.3. The van der Waals surface area contributed by atoms with Gasteiger partial charge in [-0.3, -0.25) is 0 Å². The van der Waals surface area contributed by atoms with Crippen LogP contribution >= 0.6 is 0 Å². The summed E-state index contributed by atoms with van der Waals surface area (Å²) in [6.07, 6.45) is 0. The first-order chi connectivity index (χ1) is 11.4. The number of hydrogen-bond acceptors (Lipinski definition) is 2. The lowest BCUT2D eigenvalue weighted by molar-refractivity contribution is 0.341. The van der Waals surface area contributed by atoms with Crippen LogP contribution in [0.2, 0.25) is 0 Å². The topological polar surface area (TPSA) is 24.1 Å². The molecule has 3 heteroatoms. The lowest BCUT2D eigenvalue weighted by atomic mass is 9.91. The van der Waals surface area contributed by atoms with Crippen LogP contribution in [0.25, 0.3) is 0 Å². The molecule has 0 saturated heterocycles. The Labute approximate surface area is 145 Å². The van der Waals surface area contributed by atoms with Crippen molar-refractivity contribution in [1.82, 2.24) is 10.6 Å². The Balaban J connectivity index is 2.42. The van der Waals surface area contributed by atoms with Crippen molar-refractivity contribution in [3.05, 3.63) is 71.0 Å². The van der Waals surface area contributed by atoms with E-state index in [4.69, 9.17) is 0 Å². The standard InChI is InChI=1S/C21H29FN2/c1-14(2)23-20(17-8-6-16(5)7-9-17)21(24-15(3)4)18-10-12-19(22)13-11-18/h6-15,20-21,23-24H,1-5H3/t20-,21-/m0/s1. The van der Waals surface area contributed by atoms with E-state index in [1.807, 2.05) is 12.1 Å². The van der Waals surface area contributed by atoms with E-state index in [0.717, 1.165) is 5.56 Å². The second kappa shape index (κ2) is 8.41. The van der Waals surface area contributed by atoms with Gasteiger partial charge in [-0.2, -0.15) is 0 Å². The molecule has 2 nitrogen and oxygen atoms in total. The van der Waals surface area contributed by atoms with Crippen molar-refractivity contribution in [2.24, 2.45) is 0 Å². The lowest BCUT2D eigenvalue weighted by Gasteiger charge is -2.33. The Morgan fingerprint density at radius 1 is 0.667 bits per heavy atom. The molecule has 0 aliphatic heterocycles. The van der Waals surface area contributed by atoms with Gasteiger partial charge in [-0.05, 0) is 30.2 Å². The third-order valence-corrected chi connectivity index (χ3v) is 4.02. The van der Waals surface area contributed by atoms with Gasteiger partial charge in [0.15, 0.2) is 0 Å². The van der Waals surface area contributed by atoms with Crippen molar-refractivity contribution >= 4 is 0 Å². The summed E-state index contributed by atoms with van der Waals surface area (Å²) >= 11 is 0. The summed E-state index contributed by atoms with van der Waals surface area (Å²) in [6.45, 7) is 10.7. The SMILES string of the molecule is Cc1ccc([C@H](NC(C)C)[C@@H](NC(C)C)c2ccc(F)cc2)cc1. The minimum absolute atomic E-state index is 0.0655. The molecule has 2 rings (SSSR count). The highest BCUT2D eigenvalue weighted by atomic mass is 19.1. The normalized spacial score (nSPS) is 14.2. The van der Waals surface area contributed by atoms with Crippen LogP contribution in [0.15, 0.2) is 48.5 Å². The lowest BCUT2D eigenvalue weighted by Crippen LogP contribution is -2.40. The molecule has 0 aromatic heterocycles. The van der Waals surface area contributed by atoms with Gasteiger partial charge in [0.2, 0.25) is 0 Å². The molecule has 24 heavy (non-hydrogen) atoms. The van der Waals surface area contributed by atoms with Crippen LogP contribution in [0.1, 0.15) is 56.5 Å². The van der Waals surface area contributed by atoms with Crippen LogP contribution in [-0.2, 0) is 0 Å². The molecule has 2 aromatic rings. The van der Waals surface area contributed by atoms with Gasteiger partial charge in [0.25, 0.3) is 0 Å². The highest BCUT2D eigenvalue weighted by molar-refractivity contribution is 5.30. The maximum absolute atomic E-state index is 13.4. The van der Waals surface area contributed by atoms with Crippen LogP contribution in [0.5, 0.6) is 0 Å². The Morgan fingerprint density at radius 3 is 1.42 bits per heavy atom. The molecule has 0 heterocycles. The van der Waals surface area contributed by atoms with Crippen LogP contribution in [0.4, 0.5) is 4.39 Å². The molecule has 0 amide bonds. The zero-order valence-corrected chi connectivity index (χ0v) is 15.3. The van der Waals surface area contributed by atoms with Crippen molar-refractivity contribution in [2.75, 3.05) is 0 Å². The van der Waals surface area contributed by atoms with Crippen molar-refractivity contribution in [3.63, 3.8) is 0 Å². The molecular weight excluding hydrogens is 299 g/mol. The Hall–Kier alpha value is -1.71. The Kier molecular flexibility index (Phi) is 6.52. The summed E-state index contributed by atoms with van der Waals surface area (Å²) in [6, 6.07) is 16.3. The van der Waals surface area contributed by atoms with Gasteiger partial charge in [0.1, 0.15) is 5.82 Å². The van der Waals surface area contributed by atoms with E-state index in [1.165, 1.54) is 23.3 Å². The third-order valence-electron chi connectivity index (χ3n) is 4.02. The van der Waals surface area contributed by atoms with E-state index in [-0.39, 0.29) is 17.9 Å². The summed E-state index contributed by atoms with van der Waals surface area (Å²) in [5.74, 6) is -0.203. The van der Waals surface area contributed by atoms with Gasteiger partial charge in [-0.1, -0.05) is 69.7 Å². The maximum atomic E-state index is 13.4. The average Bonchev–Trinajstić information content (AvgIpc) is 2.52. The monoisotopic (exact) mass is 328 g/mol. The molecule has 0 saturated carbocycles. The smallest absolute Gasteiger partial charge is 0.123 e. The highest BCUT2D eigenvalue weighted by Gasteiger charge is 2.26. The van der Waals surface area contributed by atoms with E-state index in [0.29, 0.717) is 12.1 Å². The number of rotatable bonds is 7. The van der Waals surface area contributed by atoms with Gasteiger partial charge in [-0.25, -0.2) is 4.39 Å². The number of hydrogen-bond donors (Lipinski definition) is 2. The predicted molar refractivity (Wildman–Crippen MR) is 99.6 cm³/mol. The summed E-state index contributed by atoms with van der Waals surface area (Å²) in [4.78, 5) is 0. The molecule has 0 spiro atoms. The average molecular weight is 328 g/mol. The summed E-state index contributed by atoms with van der Waals surface area (Å²) in [5.41, 5.74) is 3.57. The molecule has 0 unspecified atom stereocenters. The fourth-order valence-electron chi connectivity index (χ4n) is 2.93. The number of nitrogens with one attached hydrogen (secondary N) is 2. The van der Waals surface area contributed by atoms with Gasteiger partial charge in [0.05, 0.1) is 12.1 Å². The van der Waals surface area contributed by atoms with Gasteiger partial charge in [-0.15, -0.1) is 0 Å². The summed E-state index contributed by atoms with van der Waals surface area (Å²) in [7, 11) is 0. The van der Waals surface area contributed by atoms with Crippen molar-refractivity contribution in [2.45, 2.75) is 58.8 Å². The Morgan fingerprint density at radius 2 is 1.04 bits per heavy atom. The zero-order chi connectivity index (χ0) is 17.7. The van der Waals surface area contributed by atoms with E-state index in [2.05, 4.69) is 69.5 Å². The third kappa shape index (κ3) is 5.15. The number of aryl methyl sites for hydroxylation is 1. The molecule has 0 aliphatic rings. The maximum Gasteiger partial charge on any atom is 0.123 e. The minimum atomic E-state index is -0.203. The first-order valence-corrected chi connectivity index (χ1v) is 8.71. The first kappa shape index (κ1) is 18.6. The molecule has 130 valence electrons. The minimum Gasteiger partial charge on any atom is -0.306 e. The second-order valence-electron chi connectivity index (χ2n) is 7.06. The molecule has 2 atom stereocenters. The summed E-state index contributed by atoms with van der Waals surface area (Å²) < 4.78 is 13.4. The van der Waals surface area contributed by atoms with Gasteiger partial charge >= 0.3 is 0 Å². The van der Waals surface area contributed by atoms with Gasteiger partial charge in [0, 0.05) is 12.1 Å². The van der Waals surface area contributed by atoms with Crippen LogP contribution < -0.4 is 10.6 Å². The molecule has 0 bridgehead atoms. The van der Waals surface area contributed by atoms with E-state index >= 15 is 0 Å². The van der Waals surface area contributed by atoms with Crippen molar-refractivity contribution in [1.29, 1.82) is 0 Å². The van der Waals surface area contributed by atoms with Gasteiger partial charge < -0.3 is 10.6 Å². The van der Waals surface area contributed by atoms with Crippen LogP contribution in [0, 0.1) is 12.7 Å². The molecule has 2 aromatic carbocycles. The molecular formula is C21H29FN2. The fourth-order valence-corrected chi connectivity index (χ4v) is 2.93. The van der Waals surface area contributed by atoms with E-state index < -0.39 is 0 Å². The van der Waals surface area contributed by atoms with Crippen LogP contribution in [0.3, 0.4) is 0 Å². The van der Waals surface area contributed by atoms with Crippen molar-refractivity contribution in [3.8, 4) is 0 Å². The van der Waals surface area contributed by atoms with Crippen LogP contribution in [-0.4, -0.2) is 12.1 Å². The van der Waals surface area contributed by atoms with Crippen molar-refractivity contribution < 1.29 is 4.39 Å². The number of benzene rings is 2. The van der Waals surface area contributed by atoms with E-state index in [9.17, 15) is 4.39 Å². The predicted octanol–water partition coefficient (Wildman–Crippen LogP) is 4.91. The fraction of sp³-hybridized carbons (Fsp3) is 0.429. The first-order valence-electron chi connectivity index (χ1n) is 8.71. The molecule has 0 radical (unpaired) electrons. The second-order valence-corrected chi connectivity index (χ2v) is 7.06.